The van der Waals surface area contributed by atoms with Gasteiger partial charge in [-0.3, -0.25) is 9.59 Å². The largest absolute Gasteiger partial charge is 0.347 e. The van der Waals surface area contributed by atoms with Crippen molar-refractivity contribution in [3.05, 3.63) is 0 Å². The van der Waals surface area contributed by atoms with Gasteiger partial charge in [0, 0.05) is 20.6 Å². The normalized spacial score (nSPS) is 25.0. The summed E-state index contributed by atoms with van der Waals surface area (Å²) in [6.45, 7) is 7.41. The Hall–Kier alpha value is -1.10. The van der Waals surface area contributed by atoms with Crippen LogP contribution in [0.3, 0.4) is 0 Å². The first-order valence-electron chi connectivity index (χ1n) is 6.54. The van der Waals surface area contributed by atoms with Gasteiger partial charge in [0.05, 0.1) is 5.41 Å². The molecule has 0 bridgehead atoms. The number of carbonyl (C=O) groups excluding carboxylic acids is 2. The quantitative estimate of drug-likeness (QED) is 0.755. The fourth-order valence-electron chi connectivity index (χ4n) is 2.45. The maximum absolute atomic E-state index is 12.4. The Morgan fingerprint density at radius 2 is 1.89 bits per heavy atom. The molecular formula is C13H25N3O2. The van der Waals surface area contributed by atoms with E-state index in [2.05, 4.69) is 24.5 Å². The van der Waals surface area contributed by atoms with Crippen LogP contribution in [0.15, 0.2) is 0 Å². The first kappa shape index (κ1) is 15.0. The number of nitrogens with one attached hydrogen (secondary N) is 2. The molecule has 0 aromatic heterocycles. The summed E-state index contributed by atoms with van der Waals surface area (Å²) in [5.41, 5.74) is -0.374. The van der Waals surface area contributed by atoms with Gasteiger partial charge in [0.25, 0.3) is 0 Å². The van der Waals surface area contributed by atoms with Crippen LogP contribution < -0.4 is 10.6 Å². The van der Waals surface area contributed by atoms with Crippen LogP contribution in [0, 0.1) is 11.3 Å². The Bertz CT molecular complexity index is 320. The van der Waals surface area contributed by atoms with E-state index in [0.717, 1.165) is 13.0 Å². The van der Waals surface area contributed by atoms with Crippen LogP contribution in [0.4, 0.5) is 0 Å². The molecule has 1 aliphatic rings. The van der Waals surface area contributed by atoms with Gasteiger partial charge in [-0.1, -0.05) is 13.8 Å². The fraction of sp³-hybridized carbons (Fsp3) is 0.846. The predicted octanol–water partition coefficient (Wildman–Crippen LogP) is 0.215. The average molecular weight is 255 g/mol. The monoisotopic (exact) mass is 255 g/mol. The van der Waals surface area contributed by atoms with Crippen molar-refractivity contribution in [2.45, 2.75) is 33.2 Å². The van der Waals surface area contributed by atoms with Gasteiger partial charge < -0.3 is 15.5 Å². The molecule has 2 atom stereocenters. The molecule has 1 rings (SSSR count). The lowest BCUT2D eigenvalue weighted by Gasteiger charge is -2.32. The zero-order valence-electron chi connectivity index (χ0n) is 12.0. The molecule has 1 heterocycles. The summed E-state index contributed by atoms with van der Waals surface area (Å²) in [7, 11) is 3.39. The minimum atomic E-state index is -0.469. The van der Waals surface area contributed by atoms with E-state index in [0.29, 0.717) is 6.54 Å². The number of likely N-dealkylation sites (N-methyl/N-ethyl adjacent to an activating group) is 1. The molecular weight excluding hydrogens is 230 g/mol. The summed E-state index contributed by atoms with van der Waals surface area (Å²) in [6.07, 6.45) is 0.833. The molecule has 1 aliphatic heterocycles. The van der Waals surface area contributed by atoms with Crippen LogP contribution in [0.5, 0.6) is 0 Å². The van der Waals surface area contributed by atoms with E-state index >= 15 is 0 Å². The number of hydrogen-bond acceptors (Lipinski definition) is 3. The van der Waals surface area contributed by atoms with Gasteiger partial charge >= 0.3 is 0 Å². The zero-order valence-corrected chi connectivity index (χ0v) is 12.0. The topological polar surface area (TPSA) is 61.4 Å². The van der Waals surface area contributed by atoms with Crippen molar-refractivity contribution in [2.75, 3.05) is 27.2 Å². The minimum absolute atomic E-state index is 0.00907. The maximum Gasteiger partial charge on any atom is 0.244 e. The molecule has 2 unspecified atom stereocenters. The van der Waals surface area contributed by atoms with Crippen molar-refractivity contribution in [1.82, 2.24) is 15.5 Å². The SMILES string of the molecule is CC(NC(=O)C1(C(C)C)CCNC1)C(=O)N(C)C. The summed E-state index contributed by atoms with van der Waals surface area (Å²) < 4.78 is 0. The molecule has 5 nitrogen and oxygen atoms in total. The molecule has 2 amide bonds. The molecule has 1 fully saturated rings. The average Bonchev–Trinajstić information content (AvgIpc) is 2.77. The highest BCUT2D eigenvalue weighted by Crippen LogP contribution is 2.34. The van der Waals surface area contributed by atoms with Crippen LogP contribution in [0.2, 0.25) is 0 Å². The lowest BCUT2D eigenvalue weighted by Crippen LogP contribution is -2.52. The number of nitrogens with zero attached hydrogens (tertiary/aromatic N) is 1. The number of hydrogen-bond donors (Lipinski definition) is 2. The Kier molecular flexibility index (Phi) is 4.73. The van der Waals surface area contributed by atoms with Crippen molar-refractivity contribution in [2.24, 2.45) is 11.3 Å². The molecule has 0 aromatic rings. The molecule has 1 saturated heterocycles. The van der Waals surface area contributed by atoms with Crippen molar-refractivity contribution >= 4 is 11.8 Å². The second-order valence-electron chi connectivity index (χ2n) is 5.67. The van der Waals surface area contributed by atoms with Gasteiger partial charge in [-0.2, -0.15) is 0 Å². The van der Waals surface area contributed by atoms with E-state index in [4.69, 9.17) is 0 Å². The standard InChI is InChI=1S/C13H25N3O2/c1-9(2)13(6-7-14-8-13)12(18)15-10(3)11(17)16(4)5/h9-10,14H,6-8H2,1-5H3,(H,15,18). The van der Waals surface area contributed by atoms with Gasteiger partial charge in [0.1, 0.15) is 6.04 Å². The Morgan fingerprint density at radius 1 is 1.28 bits per heavy atom. The second kappa shape index (κ2) is 5.69. The zero-order chi connectivity index (χ0) is 13.9. The van der Waals surface area contributed by atoms with E-state index in [1.54, 1.807) is 21.0 Å². The summed E-state index contributed by atoms with van der Waals surface area (Å²) in [5.74, 6) is 0.174. The van der Waals surface area contributed by atoms with Crippen molar-refractivity contribution in [1.29, 1.82) is 0 Å². The highest BCUT2D eigenvalue weighted by atomic mass is 16.2. The molecule has 0 saturated carbocycles. The molecule has 0 radical (unpaired) electrons. The summed E-state index contributed by atoms with van der Waals surface area (Å²) >= 11 is 0. The molecule has 5 heteroatoms. The third-order valence-electron chi connectivity index (χ3n) is 3.90. The summed E-state index contributed by atoms with van der Waals surface area (Å²) in [5, 5.41) is 6.10. The highest BCUT2D eigenvalue weighted by molar-refractivity contribution is 5.90. The van der Waals surface area contributed by atoms with Crippen molar-refractivity contribution in [3.63, 3.8) is 0 Å². The molecule has 0 aliphatic carbocycles. The van der Waals surface area contributed by atoms with Crippen molar-refractivity contribution in [3.8, 4) is 0 Å². The summed E-state index contributed by atoms with van der Waals surface area (Å²) in [6, 6.07) is -0.469. The van der Waals surface area contributed by atoms with Gasteiger partial charge in [-0.05, 0) is 25.8 Å². The maximum atomic E-state index is 12.4. The van der Waals surface area contributed by atoms with Crippen LogP contribution in [-0.2, 0) is 9.59 Å². The number of carbonyl (C=O) groups is 2. The Morgan fingerprint density at radius 3 is 2.28 bits per heavy atom. The van der Waals surface area contributed by atoms with Crippen molar-refractivity contribution < 1.29 is 9.59 Å². The van der Waals surface area contributed by atoms with E-state index in [1.165, 1.54) is 4.90 Å². The number of amides is 2. The minimum Gasteiger partial charge on any atom is -0.347 e. The lowest BCUT2D eigenvalue weighted by molar-refractivity contribution is -0.138. The molecule has 104 valence electrons. The van der Waals surface area contributed by atoms with E-state index < -0.39 is 6.04 Å². The van der Waals surface area contributed by atoms with Crippen LogP contribution in [-0.4, -0.2) is 49.9 Å². The molecule has 0 spiro atoms. The van der Waals surface area contributed by atoms with E-state index in [9.17, 15) is 9.59 Å². The van der Waals surface area contributed by atoms with Gasteiger partial charge in [-0.25, -0.2) is 0 Å². The van der Waals surface area contributed by atoms with Gasteiger partial charge in [0.2, 0.25) is 11.8 Å². The van der Waals surface area contributed by atoms with Gasteiger partial charge in [0.15, 0.2) is 0 Å². The third-order valence-corrected chi connectivity index (χ3v) is 3.90. The first-order chi connectivity index (χ1) is 8.31. The molecule has 18 heavy (non-hydrogen) atoms. The number of rotatable bonds is 4. The predicted molar refractivity (Wildman–Crippen MR) is 71.1 cm³/mol. The second-order valence-corrected chi connectivity index (χ2v) is 5.67. The van der Waals surface area contributed by atoms with Gasteiger partial charge in [-0.15, -0.1) is 0 Å². The van der Waals surface area contributed by atoms with E-state index in [-0.39, 0.29) is 23.1 Å². The first-order valence-corrected chi connectivity index (χ1v) is 6.54. The Balaban J connectivity index is 2.72. The fourth-order valence-corrected chi connectivity index (χ4v) is 2.45. The smallest absolute Gasteiger partial charge is 0.244 e. The third kappa shape index (κ3) is 2.83. The van der Waals surface area contributed by atoms with Crippen LogP contribution >= 0.6 is 0 Å². The highest BCUT2D eigenvalue weighted by Gasteiger charge is 2.44. The molecule has 2 N–H and O–H groups in total. The van der Waals surface area contributed by atoms with E-state index in [1.807, 2.05) is 0 Å². The molecule has 0 aromatic carbocycles. The van der Waals surface area contributed by atoms with Crippen LogP contribution in [0.25, 0.3) is 0 Å². The lowest BCUT2D eigenvalue weighted by atomic mass is 9.75. The van der Waals surface area contributed by atoms with Crippen LogP contribution in [0.1, 0.15) is 27.2 Å². The Labute approximate surface area is 109 Å². The summed E-state index contributed by atoms with van der Waals surface area (Å²) in [4.78, 5) is 25.7.